The standard InChI is InChI=1S/C19H21N3OS/c1-3-14-8-10-15(11-9-14)20-18(23)12-22(2)13-19-21-16-6-4-5-7-17(16)24-19/h4-11H,3,12-13H2,1-2H3,(H,20,23). The second-order valence-electron chi connectivity index (χ2n) is 5.85. The molecular weight excluding hydrogens is 318 g/mol. The van der Waals surface area contributed by atoms with Crippen molar-refractivity contribution in [1.29, 1.82) is 0 Å². The van der Waals surface area contributed by atoms with Gasteiger partial charge in [0.2, 0.25) is 5.91 Å². The first-order valence-corrected chi connectivity index (χ1v) is 8.87. The lowest BCUT2D eigenvalue weighted by atomic mass is 10.1. The molecule has 124 valence electrons. The summed E-state index contributed by atoms with van der Waals surface area (Å²) in [7, 11) is 1.94. The fraction of sp³-hybridized carbons (Fsp3) is 0.263. The molecule has 0 saturated carbocycles. The highest BCUT2D eigenvalue weighted by atomic mass is 32.1. The van der Waals surface area contributed by atoms with Gasteiger partial charge in [0, 0.05) is 5.69 Å². The number of anilines is 1. The first kappa shape index (κ1) is 16.6. The van der Waals surface area contributed by atoms with Crippen LogP contribution in [0.15, 0.2) is 48.5 Å². The van der Waals surface area contributed by atoms with Gasteiger partial charge in [-0.25, -0.2) is 4.98 Å². The zero-order chi connectivity index (χ0) is 16.9. The second-order valence-corrected chi connectivity index (χ2v) is 6.96. The molecular formula is C19H21N3OS. The molecule has 1 heterocycles. The SMILES string of the molecule is CCc1ccc(NC(=O)CN(C)Cc2nc3ccccc3s2)cc1. The predicted molar refractivity (Wildman–Crippen MR) is 100 cm³/mol. The highest BCUT2D eigenvalue weighted by Crippen LogP contribution is 2.22. The molecule has 0 unspecified atom stereocenters. The maximum Gasteiger partial charge on any atom is 0.238 e. The summed E-state index contributed by atoms with van der Waals surface area (Å²) in [6.07, 6.45) is 0.999. The van der Waals surface area contributed by atoms with E-state index in [9.17, 15) is 4.79 Å². The number of hydrogen-bond acceptors (Lipinski definition) is 4. The van der Waals surface area contributed by atoms with Gasteiger partial charge in [0.15, 0.2) is 0 Å². The van der Waals surface area contributed by atoms with E-state index in [1.807, 2.05) is 54.4 Å². The molecule has 0 aliphatic heterocycles. The summed E-state index contributed by atoms with van der Waals surface area (Å²) in [5, 5.41) is 3.97. The van der Waals surface area contributed by atoms with Gasteiger partial charge in [-0.2, -0.15) is 0 Å². The van der Waals surface area contributed by atoms with Crippen molar-refractivity contribution < 1.29 is 4.79 Å². The monoisotopic (exact) mass is 339 g/mol. The molecule has 4 nitrogen and oxygen atoms in total. The topological polar surface area (TPSA) is 45.2 Å². The average molecular weight is 339 g/mol. The summed E-state index contributed by atoms with van der Waals surface area (Å²) in [5.41, 5.74) is 3.12. The number of nitrogens with zero attached hydrogens (tertiary/aromatic N) is 2. The Morgan fingerprint density at radius 1 is 1.17 bits per heavy atom. The zero-order valence-corrected chi connectivity index (χ0v) is 14.8. The summed E-state index contributed by atoms with van der Waals surface area (Å²) in [6, 6.07) is 16.1. The summed E-state index contributed by atoms with van der Waals surface area (Å²) in [6.45, 7) is 3.12. The van der Waals surface area contributed by atoms with Gasteiger partial charge in [0.05, 0.1) is 23.3 Å². The minimum Gasteiger partial charge on any atom is -0.325 e. The Hall–Kier alpha value is -2.24. The molecule has 1 amide bonds. The van der Waals surface area contributed by atoms with E-state index in [-0.39, 0.29) is 5.91 Å². The number of aromatic nitrogens is 1. The zero-order valence-electron chi connectivity index (χ0n) is 14.0. The number of nitrogens with one attached hydrogen (secondary N) is 1. The van der Waals surface area contributed by atoms with Crippen molar-refractivity contribution in [3.63, 3.8) is 0 Å². The van der Waals surface area contributed by atoms with E-state index in [4.69, 9.17) is 0 Å². The van der Waals surface area contributed by atoms with Crippen LogP contribution in [0.5, 0.6) is 0 Å². The van der Waals surface area contributed by atoms with Gasteiger partial charge in [-0.3, -0.25) is 9.69 Å². The van der Waals surface area contributed by atoms with Crippen LogP contribution in [0.2, 0.25) is 0 Å². The number of amides is 1. The molecule has 0 atom stereocenters. The maximum atomic E-state index is 12.2. The van der Waals surface area contributed by atoms with Crippen molar-refractivity contribution in [3.05, 3.63) is 59.1 Å². The highest BCUT2D eigenvalue weighted by molar-refractivity contribution is 7.18. The number of carbonyl (C=O) groups excluding carboxylic acids is 1. The number of likely N-dealkylation sites (N-methyl/N-ethyl adjacent to an activating group) is 1. The molecule has 3 aromatic rings. The van der Waals surface area contributed by atoms with Crippen LogP contribution >= 0.6 is 11.3 Å². The van der Waals surface area contributed by atoms with E-state index >= 15 is 0 Å². The Morgan fingerprint density at radius 2 is 1.92 bits per heavy atom. The molecule has 0 radical (unpaired) electrons. The molecule has 3 rings (SSSR count). The van der Waals surface area contributed by atoms with Gasteiger partial charge in [-0.15, -0.1) is 11.3 Å². The highest BCUT2D eigenvalue weighted by Gasteiger charge is 2.10. The predicted octanol–water partition coefficient (Wildman–Crippen LogP) is 3.93. The molecule has 1 aromatic heterocycles. The van der Waals surface area contributed by atoms with E-state index in [0.29, 0.717) is 13.1 Å². The van der Waals surface area contributed by atoms with Gasteiger partial charge in [-0.1, -0.05) is 31.2 Å². The smallest absolute Gasteiger partial charge is 0.238 e. The Kier molecular flexibility index (Phi) is 5.23. The molecule has 0 aliphatic rings. The molecule has 1 N–H and O–H groups in total. The first-order chi connectivity index (χ1) is 11.6. The molecule has 0 spiro atoms. The van der Waals surface area contributed by atoms with E-state index in [0.717, 1.165) is 22.6 Å². The van der Waals surface area contributed by atoms with Crippen molar-refractivity contribution in [3.8, 4) is 0 Å². The molecule has 0 fully saturated rings. The Balaban J connectivity index is 1.55. The van der Waals surface area contributed by atoms with Crippen LogP contribution in [-0.4, -0.2) is 29.4 Å². The van der Waals surface area contributed by atoms with Crippen LogP contribution in [0.25, 0.3) is 10.2 Å². The molecule has 0 aliphatic carbocycles. The number of hydrogen-bond donors (Lipinski definition) is 1. The van der Waals surface area contributed by atoms with Gasteiger partial charge in [-0.05, 0) is 43.3 Å². The van der Waals surface area contributed by atoms with Gasteiger partial charge < -0.3 is 5.32 Å². The summed E-state index contributed by atoms with van der Waals surface area (Å²) < 4.78 is 1.18. The van der Waals surface area contributed by atoms with Crippen LogP contribution in [-0.2, 0) is 17.8 Å². The second kappa shape index (κ2) is 7.55. The van der Waals surface area contributed by atoms with Crippen LogP contribution in [0.4, 0.5) is 5.69 Å². The average Bonchev–Trinajstić information content (AvgIpc) is 2.97. The number of carbonyl (C=O) groups is 1. The fourth-order valence-corrected chi connectivity index (χ4v) is 3.59. The van der Waals surface area contributed by atoms with E-state index < -0.39 is 0 Å². The Labute approximate surface area is 146 Å². The number of thiazole rings is 1. The maximum absolute atomic E-state index is 12.2. The van der Waals surface area contributed by atoms with Crippen LogP contribution in [0, 0.1) is 0 Å². The van der Waals surface area contributed by atoms with Gasteiger partial charge in [0.1, 0.15) is 5.01 Å². The lowest BCUT2D eigenvalue weighted by Crippen LogP contribution is -2.29. The van der Waals surface area contributed by atoms with Crippen molar-refractivity contribution in [2.24, 2.45) is 0 Å². The third-order valence-electron chi connectivity index (χ3n) is 3.80. The van der Waals surface area contributed by atoms with Crippen LogP contribution in [0.1, 0.15) is 17.5 Å². The van der Waals surface area contributed by atoms with Crippen molar-refractivity contribution in [1.82, 2.24) is 9.88 Å². The fourth-order valence-electron chi connectivity index (χ4n) is 2.54. The van der Waals surface area contributed by atoms with E-state index in [2.05, 4.69) is 23.3 Å². The van der Waals surface area contributed by atoms with Gasteiger partial charge >= 0.3 is 0 Å². The Bertz CT molecular complexity index is 793. The minimum atomic E-state index is -0.0112. The minimum absolute atomic E-state index is 0.0112. The van der Waals surface area contributed by atoms with E-state index in [1.54, 1.807) is 11.3 Å². The molecule has 2 aromatic carbocycles. The van der Waals surface area contributed by atoms with Crippen LogP contribution in [0.3, 0.4) is 0 Å². The summed E-state index contributed by atoms with van der Waals surface area (Å²) >= 11 is 1.68. The third kappa shape index (κ3) is 4.19. The number of fused-ring (bicyclic) bond motifs is 1. The lowest BCUT2D eigenvalue weighted by molar-refractivity contribution is -0.117. The lowest BCUT2D eigenvalue weighted by Gasteiger charge is -2.14. The number of rotatable bonds is 6. The van der Waals surface area contributed by atoms with Gasteiger partial charge in [0.25, 0.3) is 0 Å². The van der Waals surface area contributed by atoms with Crippen molar-refractivity contribution in [2.75, 3.05) is 18.9 Å². The molecule has 5 heteroatoms. The van der Waals surface area contributed by atoms with Crippen molar-refractivity contribution in [2.45, 2.75) is 19.9 Å². The molecule has 0 bridgehead atoms. The van der Waals surface area contributed by atoms with Crippen LogP contribution < -0.4 is 5.32 Å². The quantitative estimate of drug-likeness (QED) is 0.740. The summed E-state index contributed by atoms with van der Waals surface area (Å²) in [5.74, 6) is -0.0112. The number of benzene rings is 2. The number of para-hydroxylation sites is 1. The normalized spacial score (nSPS) is 11.1. The molecule has 24 heavy (non-hydrogen) atoms. The van der Waals surface area contributed by atoms with E-state index in [1.165, 1.54) is 10.3 Å². The van der Waals surface area contributed by atoms with Crippen molar-refractivity contribution >= 4 is 33.1 Å². The third-order valence-corrected chi connectivity index (χ3v) is 4.82. The molecule has 0 saturated heterocycles. The first-order valence-electron chi connectivity index (χ1n) is 8.06. The number of aryl methyl sites for hydroxylation is 1. The largest absolute Gasteiger partial charge is 0.325 e. The Morgan fingerprint density at radius 3 is 2.62 bits per heavy atom. The summed E-state index contributed by atoms with van der Waals surface area (Å²) in [4.78, 5) is 18.8.